The van der Waals surface area contributed by atoms with E-state index < -0.39 is 12.0 Å². The Morgan fingerprint density at radius 2 is 1.65 bits per heavy atom. The fraction of sp³-hybridized carbons (Fsp3) is 0.517. The summed E-state index contributed by atoms with van der Waals surface area (Å²) in [7, 11) is 4.87. The lowest BCUT2D eigenvalue weighted by atomic mass is 9.79. The van der Waals surface area contributed by atoms with Crippen molar-refractivity contribution < 1.29 is 19.1 Å². The second-order valence-corrected chi connectivity index (χ2v) is 10.3. The van der Waals surface area contributed by atoms with Gasteiger partial charge in [0.1, 0.15) is 0 Å². The zero-order valence-electron chi connectivity index (χ0n) is 23.0. The summed E-state index contributed by atoms with van der Waals surface area (Å²) in [4.78, 5) is 32.6. The van der Waals surface area contributed by atoms with E-state index in [1.807, 2.05) is 30.5 Å². The molecular formula is C29H41N3O4S. The standard InChI is InChI=1S/C29H41N3O4S/c1-7-15-32(16-8-2)17-9-14-30-28(33)26-22-18-24(35-4)25(36-5)19-23(22)29(34)31(3)27(26)20-10-12-21(37-6)13-11-20/h10-13,18-19,26-27H,7-9,14-17H2,1-6H3,(H,30,33). The zero-order chi connectivity index (χ0) is 26.9. The molecule has 2 amide bonds. The van der Waals surface area contributed by atoms with Gasteiger partial charge in [-0.05, 0) is 80.5 Å². The molecule has 3 rings (SSSR count). The van der Waals surface area contributed by atoms with E-state index in [9.17, 15) is 9.59 Å². The van der Waals surface area contributed by atoms with E-state index in [0.29, 0.717) is 29.2 Å². The van der Waals surface area contributed by atoms with E-state index in [4.69, 9.17) is 9.47 Å². The largest absolute Gasteiger partial charge is 0.493 e. The zero-order valence-corrected chi connectivity index (χ0v) is 23.8. The highest BCUT2D eigenvalue weighted by Gasteiger charge is 2.43. The Balaban J connectivity index is 1.94. The average Bonchev–Trinajstić information content (AvgIpc) is 2.92. The first-order valence-electron chi connectivity index (χ1n) is 13.1. The SMILES string of the molecule is CCCN(CCC)CCCNC(=O)C1c2cc(OC)c(OC)cc2C(=O)N(C)C1c1ccc(SC)cc1. The molecule has 7 nitrogen and oxygen atoms in total. The Morgan fingerprint density at radius 3 is 2.22 bits per heavy atom. The van der Waals surface area contributed by atoms with Crippen LogP contribution in [-0.4, -0.2) is 75.3 Å². The van der Waals surface area contributed by atoms with Crippen molar-refractivity contribution in [1.29, 1.82) is 0 Å². The first-order chi connectivity index (χ1) is 17.9. The molecule has 2 aromatic carbocycles. The molecule has 1 aliphatic heterocycles. The monoisotopic (exact) mass is 527 g/mol. The van der Waals surface area contributed by atoms with Crippen LogP contribution in [0.2, 0.25) is 0 Å². The predicted molar refractivity (Wildman–Crippen MR) is 150 cm³/mol. The van der Waals surface area contributed by atoms with Crippen LogP contribution in [0.5, 0.6) is 11.5 Å². The summed E-state index contributed by atoms with van der Waals surface area (Å²) in [5, 5.41) is 3.18. The second-order valence-electron chi connectivity index (χ2n) is 9.39. The van der Waals surface area contributed by atoms with Crippen molar-refractivity contribution >= 4 is 23.6 Å². The quantitative estimate of drug-likeness (QED) is 0.293. The minimum Gasteiger partial charge on any atom is -0.493 e. The highest BCUT2D eigenvalue weighted by Crippen LogP contribution is 2.45. The number of nitrogens with one attached hydrogen (secondary N) is 1. The van der Waals surface area contributed by atoms with Gasteiger partial charge in [-0.2, -0.15) is 0 Å². The van der Waals surface area contributed by atoms with Crippen molar-refractivity contribution in [2.24, 2.45) is 0 Å². The maximum atomic E-state index is 13.8. The maximum Gasteiger partial charge on any atom is 0.254 e. The number of amides is 2. The summed E-state index contributed by atoms with van der Waals surface area (Å²) in [6, 6.07) is 11.1. The third-order valence-corrected chi connectivity index (χ3v) is 7.69. The summed E-state index contributed by atoms with van der Waals surface area (Å²) in [5.41, 5.74) is 2.05. The average molecular weight is 528 g/mol. The second kappa shape index (κ2) is 13.7. The van der Waals surface area contributed by atoms with Crippen molar-refractivity contribution in [2.75, 3.05) is 53.7 Å². The van der Waals surface area contributed by atoms with Crippen LogP contribution in [-0.2, 0) is 4.79 Å². The van der Waals surface area contributed by atoms with Crippen LogP contribution in [0.15, 0.2) is 41.3 Å². The summed E-state index contributed by atoms with van der Waals surface area (Å²) in [6.45, 7) is 8.06. The number of nitrogens with zero attached hydrogens (tertiary/aromatic N) is 2. The van der Waals surface area contributed by atoms with Gasteiger partial charge in [0.25, 0.3) is 5.91 Å². The topological polar surface area (TPSA) is 71.1 Å². The van der Waals surface area contributed by atoms with Crippen LogP contribution in [0.1, 0.15) is 66.6 Å². The van der Waals surface area contributed by atoms with Crippen LogP contribution < -0.4 is 14.8 Å². The van der Waals surface area contributed by atoms with Gasteiger partial charge in [-0.3, -0.25) is 9.59 Å². The van der Waals surface area contributed by atoms with E-state index in [-0.39, 0.29) is 11.8 Å². The number of hydrogen-bond donors (Lipinski definition) is 1. The molecule has 1 aliphatic rings. The molecule has 2 atom stereocenters. The Bertz CT molecular complexity index is 1050. The van der Waals surface area contributed by atoms with Gasteiger partial charge in [-0.15, -0.1) is 11.8 Å². The van der Waals surface area contributed by atoms with Gasteiger partial charge < -0.3 is 24.6 Å². The molecule has 2 unspecified atom stereocenters. The van der Waals surface area contributed by atoms with Crippen LogP contribution in [0.4, 0.5) is 0 Å². The van der Waals surface area contributed by atoms with Gasteiger partial charge in [0, 0.05) is 24.1 Å². The van der Waals surface area contributed by atoms with E-state index in [0.717, 1.165) is 49.4 Å². The van der Waals surface area contributed by atoms with E-state index in [2.05, 4.69) is 24.1 Å². The molecule has 1 N–H and O–H groups in total. The van der Waals surface area contributed by atoms with Crippen molar-refractivity contribution in [2.45, 2.75) is 50.0 Å². The van der Waals surface area contributed by atoms with Crippen LogP contribution in [0.3, 0.4) is 0 Å². The minimum absolute atomic E-state index is 0.0932. The van der Waals surface area contributed by atoms with Crippen LogP contribution >= 0.6 is 11.8 Å². The number of benzene rings is 2. The molecule has 0 spiro atoms. The highest BCUT2D eigenvalue weighted by molar-refractivity contribution is 7.98. The lowest BCUT2D eigenvalue weighted by Crippen LogP contribution is -2.46. The lowest BCUT2D eigenvalue weighted by Gasteiger charge is -2.40. The molecule has 202 valence electrons. The summed E-state index contributed by atoms with van der Waals surface area (Å²) >= 11 is 1.66. The third kappa shape index (κ3) is 6.60. The van der Waals surface area contributed by atoms with E-state index in [1.54, 1.807) is 50.1 Å². The highest BCUT2D eigenvalue weighted by atomic mass is 32.2. The molecule has 0 saturated heterocycles. The Hall–Kier alpha value is -2.71. The normalized spacial score (nSPS) is 17.1. The smallest absolute Gasteiger partial charge is 0.254 e. The number of likely N-dealkylation sites (N-methyl/N-ethyl adjacent to an activating group) is 1. The maximum absolute atomic E-state index is 13.8. The van der Waals surface area contributed by atoms with Crippen molar-refractivity contribution in [3.8, 4) is 11.5 Å². The van der Waals surface area contributed by atoms with E-state index in [1.165, 1.54) is 0 Å². The minimum atomic E-state index is -0.583. The summed E-state index contributed by atoms with van der Waals surface area (Å²) in [5.74, 6) is 0.151. The molecule has 0 fully saturated rings. The molecular weight excluding hydrogens is 486 g/mol. The Labute approximate surface area is 225 Å². The van der Waals surface area contributed by atoms with Gasteiger partial charge >= 0.3 is 0 Å². The summed E-state index contributed by atoms with van der Waals surface area (Å²) in [6.07, 6.45) is 5.14. The number of hydrogen-bond acceptors (Lipinski definition) is 6. The van der Waals surface area contributed by atoms with Gasteiger partial charge in [-0.1, -0.05) is 26.0 Å². The number of thioether (sulfide) groups is 1. The molecule has 0 radical (unpaired) electrons. The molecule has 1 heterocycles. The predicted octanol–water partition coefficient (Wildman–Crippen LogP) is 4.96. The van der Waals surface area contributed by atoms with Gasteiger partial charge in [0.15, 0.2) is 11.5 Å². The number of rotatable bonds is 13. The van der Waals surface area contributed by atoms with Crippen molar-refractivity contribution in [1.82, 2.24) is 15.1 Å². The number of carbonyl (C=O) groups is 2. The molecule has 2 aromatic rings. The fourth-order valence-electron chi connectivity index (χ4n) is 5.14. The summed E-state index contributed by atoms with van der Waals surface area (Å²) < 4.78 is 11.0. The van der Waals surface area contributed by atoms with E-state index >= 15 is 0 Å². The molecule has 8 heteroatoms. The van der Waals surface area contributed by atoms with Crippen LogP contribution in [0, 0.1) is 0 Å². The number of carbonyl (C=O) groups excluding carboxylic acids is 2. The molecule has 37 heavy (non-hydrogen) atoms. The Kier molecular flexibility index (Phi) is 10.7. The fourth-order valence-corrected chi connectivity index (χ4v) is 5.55. The first-order valence-corrected chi connectivity index (χ1v) is 14.3. The number of fused-ring (bicyclic) bond motifs is 1. The van der Waals surface area contributed by atoms with Crippen LogP contribution in [0.25, 0.3) is 0 Å². The van der Waals surface area contributed by atoms with Gasteiger partial charge in [0.05, 0.1) is 26.2 Å². The molecule has 0 bridgehead atoms. The van der Waals surface area contributed by atoms with Crippen molar-refractivity contribution in [3.63, 3.8) is 0 Å². The van der Waals surface area contributed by atoms with Gasteiger partial charge in [0.2, 0.25) is 5.91 Å². The molecule has 0 aliphatic carbocycles. The van der Waals surface area contributed by atoms with Crippen molar-refractivity contribution in [3.05, 3.63) is 53.1 Å². The van der Waals surface area contributed by atoms with Gasteiger partial charge in [-0.25, -0.2) is 0 Å². The Morgan fingerprint density at radius 1 is 1.03 bits per heavy atom. The first kappa shape index (κ1) is 28.9. The third-order valence-electron chi connectivity index (χ3n) is 6.94. The number of methoxy groups -OCH3 is 2. The molecule has 0 aromatic heterocycles. The molecule has 0 saturated carbocycles. The number of ether oxygens (including phenoxy) is 2. The lowest BCUT2D eigenvalue weighted by molar-refractivity contribution is -0.124.